The number of ketones is 1. The van der Waals surface area contributed by atoms with Crippen LogP contribution in [0.15, 0.2) is 67.0 Å². The minimum Gasteiger partial charge on any atom is -0.508 e. The smallest absolute Gasteiger partial charge is 0.185 e. The lowest BCUT2D eigenvalue weighted by atomic mass is 10.0. The van der Waals surface area contributed by atoms with Gasteiger partial charge in [-0.3, -0.25) is 4.79 Å². The number of aryl methyl sites for hydroxylation is 1. The second-order valence-corrected chi connectivity index (χ2v) is 5.91. The maximum atomic E-state index is 12.3. The average molecular weight is 353 g/mol. The number of allylic oxidation sites excluding steroid dienone is 1. The Bertz CT molecular complexity index is 901. The van der Waals surface area contributed by atoms with E-state index in [2.05, 4.69) is 5.10 Å². The van der Waals surface area contributed by atoms with Crippen molar-refractivity contribution in [1.82, 2.24) is 9.78 Å². The Morgan fingerprint density at radius 3 is 2.76 bits per heavy atom. The summed E-state index contributed by atoms with van der Waals surface area (Å²) in [4.78, 5) is 12.3. The Balaban J connectivity index is 1.75. The molecule has 25 heavy (non-hydrogen) atoms. The highest BCUT2D eigenvalue weighted by atomic mass is 35.5. The molecule has 0 amide bonds. The van der Waals surface area contributed by atoms with E-state index in [0.29, 0.717) is 23.4 Å². The van der Waals surface area contributed by atoms with Gasteiger partial charge >= 0.3 is 0 Å². The molecule has 2 aromatic carbocycles. The van der Waals surface area contributed by atoms with Crippen molar-refractivity contribution in [2.45, 2.75) is 6.42 Å². The zero-order valence-electron chi connectivity index (χ0n) is 13.5. The summed E-state index contributed by atoms with van der Waals surface area (Å²) in [6.07, 6.45) is 7.30. The minimum absolute atomic E-state index is 0.136. The number of phenols is 1. The number of carbonyl (C=O) groups excluding carboxylic acids is 1. The van der Waals surface area contributed by atoms with E-state index in [9.17, 15) is 9.90 Å². The number of halogens is 1. The topological polar surface area (TPSA) is 55.1 Å². The van der Waals surface area contributed by atoms with E-state index in [0.717, 1.165) is 11.3 Å². The summed E-state index contributed by atoms with van der Waals surface area (Å²) < 4.78 is 1.75. The third-order valence-corrected chi connectivity index (χ3v) is 3.97. The van der Waals surface area contributed by atoms with Crippen molar-refractivity contribution in [1.29, 1.82) is 0 Å². The van der Waals surface area contributed by atoms with E-state index in [-0.39, 0.29) is 11.5 Å². The first-order valence-corrected chi connectivity index (χ1v) is 8.41. The summed E-state index contributed by atoms with van der Waals surface area (Å²) in [7, 11) is 0. The maximum absolute atomic E-state index is 12.3. The van der Waals surface area contributed by atoms with Gasteiger partial charge in [0.25, 0.3) is 0 Å². The van der Waals surface area contributed by atoms with Gasteiger partial charge in [0.2, 0.25) is 0 Å². The van der Waals surface area contributed by atoms with E-state index in [1.165, 1.54) is 12.1 Å². The standard InChI is InChI=1S/C20H17ClN2O2/c21-11-10-17-12-16(7-9-20(17)25)19(24)8-6-15-13-22-23(14-15)18-4-2-1-3-5-18/h1-9,12-14,25H,10-11H2/b8-6+. The highest BCUT2D eigenvalue weighted by molar-refractivity contribution is 6.18. The Hall–Kier alpha value is -2.85. The molecule has 0 aliphatic heterocycles. The van der Waals surface area contributed by atoms with Crippen molar-refractivity contribution in [3.05, 3.63) is 83.7 Å². The molecule has 126 valence electrons. The molecule has 0 fully saturated rings. The fourth-order valence-electron chi connectivity index (χ4n) is 2.45. The van der Waals surface area contributed by atoms with Crippen molar-refractivity contribution in [3.8, 4) is 11.4 Å². The van der Waals surface area contributed by atoms with Crippen molar-refractivity contribution in [3.63, 3.8) is 0 Å². The van der Waals surface area contributed by atoms with E-state index < -0.39 is 0 Å². The van der Waals surface area contributed by atoms with Crippen LogP contribution in [-0.4, -0.2) is 26.6 Å². The van der Waals surface area contributed by atoms with Crippen molar-refractivity contribution < 1.29 is 9.90 Å². The fraction of sp³-hybridized carbons (Fsp3) is 0.100. The number of benzene rings is 2. The molecule has 0 radical (unpaired) electrons. The molecule has 1 N–H and O–H groups in total. The molecule has 3 rings (SSSR count). The van der Waals surface area contributed by atoms with Crippen LogP contribution in [0, 0.1) is 0 Å². The molecule has 1 heterocycles. The van der Waals surface area contributed by atoms with Crippen LogP contribution >= 0.6 is 11.6 Å². The van der Waals surface area contributed by atoms with Gasteiger partial charge in [-0.2, -0.15) is 5.10 Å². The molecule has 0 saturated carbocycles. The molecule has 0 bridgehead atoms. The first kappa shape index (κ1) is 17.0. The molecule has 1 aromatic heterocycles. The van der Waals surface area contributed by atoms with Crippen molar-refractivity contribution >= 4 is 23.5 Å². The van der Waals surface area contributed by atoms with Gasteiger partial charge in [-0.25, -0.2) is 4.68 Å². The maximum Gasteiger partial charge on any atom is 0.185 e. The number of aromatic hydroxyl groups is 1. The van der Waals surface area contributed by atoms with Crippen LogP contribution in [0.2, 0.25) is 0 Å². The lowest BCUT2D eigenvalue weighted by Crippen LogP contribution is -1.97. The average Bonchev–Trinajstić information content (AvgIpc) is 3.11. The zero-order valence-corrected chi connectivity index (χ0v) is 14.2. The molecular formula is C20H17ClN2O2. The van der Waals surface area contributed by atoms with E-state index in [1.807, 2.05) is 36.5 Å². The molecule has 0 atom stereocenters. The van der Waals surface area contributed by atoms with E-state index >= 15 is 0 Å². The summed E-state index contributed by atoms with van der Waals surface area (Å²) in [6, 6.07) is 14.6. The lowest BCUT2D eigenvalue weighted by molar-refractivity contribution is 0.104. The number of para-hydroxylation sites is 1. The number of rotatable bonds is 6. The summed E-state index contributed by atoms with van der Waals surface area (Å²) in [6.45, 7) is 0. The van der Waals surface area contributed by atoms with Crippen LogP contribution in [0.3, 0.4) is 0 Å². The number of hydrogen-bond acceptors (Lipinski definition) is 3. The number of hydrogen-bond donors (Lipinski definition) is 1. The Morgan fingerprint density at radius 1 is 1.20 bits per heavy atom. The van der Waals surface area contributed by atoms with Gasteiger partial charge in [-0.1, -0.05) is 18.2 Å². The van der Waals surface area contributed by atoms with Gasteiger partial charge in [0.15, 0.2) is 5.78 Å². The SMILES string of the molecule is O=C(/C=C/c1cnn(-c2ccccc2)c1)c1ccc(O)c(CCCl)c1. The first-order chi connectivity index (χ1) is 12.2. The second-order valence-electron chi connectivity index (χ2n) is 5.53. The molecule has 0 saturated heterocycles. The summed E-state index contributed by atoms with van der Waals surface area (Å²) in [5.74, 6) is 0.410. The van der Waals surface area contributed by atoms with Gasteiger partial charge in [0, 0.05) is 23.2 Å². The Kier molecular flexibility index (Phi) is 5.31. The molecule has 4 nitrogen and oxygen atoms in total. The monoisotopic (exact) mass is 352 g/mol. The molecule has 0 unspecified atom stereocenters. The number of alkyl halides is 1. The van der Waals surface area contributed by atoms with Gasteiger partial charge in [0.05, 0.1) is 11.9 Å². The molecular weight excluding hydrogens is 336 g/mol. The van der Waals surface area contributed by atoms with Crippen molar-refractivity contribution in [2.75, 3.05) is 5.88 Å². The lowest BCUT2D eigenvalue weighted by Gasteiger charge is -2.04. The normalized spacial score (nSPS) is 11.1. The van der Waals surface area contributed by atoms with Gasteiger partial charge in [-0.05, 0) is 54.5 Å². The zero-order chi connectivity index (χ0) is 17.6. The predicted molar refractivity (Wildman–Crippen MR) is 99.5 cm³/mol. The highest BCUT2D eigenvalue weighted by Crippen LogP contribution is 2.20. The molecule has 5 heteroatoms. The third kappa shape index (κ3) is 4.17. The van der Waals surface area contributed by atoms with E-state index in [1.54, 1.807) is 29.1 Å². The van der Waals surface area contributed by atoms with Crippen LogP contribution in [0.25, 0.3) is 11.8 Å². The predicted octanol–water partition coefficient (Wildman–Crippen LogP) is 4.26. The largest absolute Gasteiger partial charge is 0.508 e. The summed E-state index contributed by atoms with van der Waals surface area (Å²) in [5.41, 5.74) is 2.98. The number of nitrogens with zero attached hydrogens (tertiary/aromatic N) is 2. The van der Waals surface area contributed by atoms with Crippen LogP contribution in [-0.2, 0) is 6.42 Å². The summed E-state index contributed by atoms with van der Waals surface area (Å²) >= 11 is 5.71. The molecule has 3 aromatic rings. The van der Waals surface area contributed by atoms with Gasteiger partial charge in [0.1, 0.15) is 5.75 Å². The Morgan fingerprint density at radius 2 is 2.00 bits per heavy atom. The van der Waals surface area contributed by atoms with Gasteiger partial charge < -0.3 is 5.11 Å². The van der Waals surface area contributed by atoms with E-state index in [4.69, 9.17) is 11.6 Å². The molecule has 0 aliphatic carbocycles. The number of aromatic nitrogens is 2. The molecule has 0 spiro atoms. The fourth-order valence-corrected chi connectivity index (χ4v) is 2.66. The molecule has 0 aliphatic rings. The first-order valence-electron chi connectivity index (χ1n) is 7.88. The van der Waals surface area contributed by atoms with Crippen molar-refractivity contribution in [2.24, 2.45) is 0 Å². The number of phenolic OH excluding ortho intramolecular Hbond substituents is 1. The van der Waals surface area contributed by atoms with Gasteiger partial charge in [-0.15, -0.1) is 11.6 Å². The van der Waals surface area contributed by atoms with Crippen LogP contribution in [0.5, 0.6) is 5.75 Å². The summed E-state index contributed by atoms with van der Waals surface area (Å²) in [5, 5.41) is 14.1. The van der Waals surface area contributed by atoms with Crippen LogP contribution in [0.1, 0.15) is 21.5 Å². The quantitative estimate of drug-likeness (QED) is 0.410. The van der Waals surface area contributed by atoms with Crippen LogP contribution in [0.4, 0.5) is 0 Å². The highest BCUT2D eigenvalue weighted by Gasteiger charge is 2.07. The Labute approximate surface area is 151 Å². The third-order valence-electron chi connectivity index (χ3n) is 3.78. The number of carbonyl (C=O) groups is 1. The van der Waals surface area contributed by atoms with Crippen LogP contribution < -0.4 is 0 Å². The second kappa shape index (κ2) is 7.81. The minimum atomic E-state index is -0.136.